The van der Waals surface area contributed by atoms with Crippen molar-refractivity contribution in [3.05, 3.63) is 72.0 Å². The molecule has 0 unspecified atom stereocenters. The summed E-state index contributed by atoms with van der Waals surface area (Å²) in [7, 11) is -0.779. The Hall–Kier alpha value is -3.65. The third-order valence-electron chi connectivity index (χ3n) is 6.79. The van der Waals surface area contributed by atoms with Gasteiger partial charge in [-0.25, -0.2) is 17.8 Å². The number of nitrogens with one attached hydrogen (secondary N) is 2. The summed E-state index contributed by atoms with van der Waals surface area (Å²) < 4.78 is 53.1. The number of hydrogen-bond acceptors (Lipinski definition) is 9. The van der Waals surface area contributed by atoms with Gasteiger partial charge in [-0.1, -0.05) is 23.5 Å². The van der Waals surface area contributed by atoms with Crippen molar-refractivity contribution in [1.82, 2.24) is 15.2 Å². The van der Waals surface area contributed by atoms with Crippen molar-refractivity contribution < 1.29 is 27.1 Å². The number of aromatic nitrogens is 1. The molecule has 0 aliphatic carbocycles. The topological polar surface area (TPSA) is 113 Å². The number of carbonyl (C=O) groups is 1. The summed E-state index contributed by atoms with van der Waals surface area (Å²) in [5.41, 5.74) is 1.14. The molecule has 0 radical (unpaired) electrons. The Morgan fingerprint density at radius 2 is 1.71 bits per heavy atom. The fourth-order valence-corrected chi connectivity index (χ4v) is 6.70. The maximum Gasteiger partial charge on any atom is 0.261 e. The summed E-state index contributed by atoms with van der Waals surface area (Å²) in [6.45, 7) is 4.24. The van der Waals surface area contributed by atoms with E-state index in [9.17, 15) is 17.6 Å². The number of rotatable bonds is 10. The van der Waals surface area contributed by atoms with Crippen molar-refractivity contribution in [2.45, 2.75) is 4.90 Å². The van der Waals surface area contributed by atoms with Gasteiger partial charge in [0, 0.05) is 39.3 Å². The molecule has 1 aromatic heterocycles. The smallest absolute Gasteiger partial charge is 0.261 e. The van der Waals surface area contributed by atoms with E-state index in [4.69, 9.17) is 14.5 Å². The van der Waals surface area contributed by atoms with Gasteiger partial charge in [0.2, 0.25) is 0 Å². The molecule has 2 heterocycles. The number of nitrogens with zero attached hydrogens (tertiary/aromatic N) is 3. The number of fused-ring (bicyclic) bond motifs is 1. The highest BCUT2D eigenvalue weighted by Gasteiger charge is 2.23. The van der Waals surface area contributed by atoms with Gasteiger partial charge in [-0.15, -0.1) is 12.4 Å². The summed E-state index contributed by atoms with van der Waals surface area (Å²) in [6, 6.07) is 14.7. The lowest BCUT2D eigenvalue weighted by Crippen LogP contribution is -2.48. The second-order valence-corrected chi connectivity index (χ2v) is 12.0. The molecule has 0 spiro atoms. The monoisotopic (exact) mass is 635 g/mol. The minimum absolute atomic E-state index is 0. The van der Waals surface area contributed by atoms with Crippen molar-refractivity contribution in [2.24, 2.45) is 0 Å². The molecule has 1 amide bonds. The molecular formula is C28H31ClFN5O5S2. The number of sulfonamides is 1. The fraction of sp³-hybridized carbons (Fsp3) is 0.286. The van der Waals surface area contributed by atoms with Crippen molar-refractivity contribution in [2.75, 3.05) is 63.1 Å². The first-order valence-electron chi connectivity index (χ1n) is 12.9. The van der Waals surface area contributed by atoms with Gasteiger partial charge < -0.3 is 19.7 Å². The fourth-order valence-electron chi connectivity index (χ4n) is 4.61. The van der Waals surface area contributed by atoms with Gasteiger partial charge in [-0.2, -0.15) is 0 Å². The zero-order valence-corrected chi connectivity index (χ0v) is 25.5. The van der Waals surface area contributed by atoms with Gasteiger partial charge in [0.1, 0.15) is 11.3 Å². The molecule has 1 aliphatic heterocycles. The highest BCUT2D eigenvalue weighted by atomic mass is 35.5. The van der Waals surface area contributed by atoms with Gasteiger partial charge in [0.15, 0.2) is 16.6 Å². The van der Waals surface area contributed by atoms with Crippen LogP contribution in [-0.2, 0) is 10.0 Å². The van der Waals surface area contributed by atoms with Crippen molar-refractivity contribution in [3.8, 4) is 11.5 Å². The average Bonchev–Trinajstić information content (AvgIpc) is 3.41. The Morgan fingerprint density at radius 3 is 2.40 bits per heavy atom. The third kappa shape index (κ3) is 6.86. The van der Waals surface area contributed by atoms with Gasteiger partial charge in [-0.05, 0) is 48.5 Å². The van der Waals surface area contributed by atoms with Crippen LogP contribution in [0, 0.1) is 5.82 Å². The maximum atomic E-state index is 13.2. The summed E-state index contributed by atoms with van der Waals surface area (Å²) in [4.78, 5) is 22.2. The van der Waals surface area contributed by atoms with Crippen LogP contribution in [0.3, 0.4) is 0 Å². The Balaban J connectivity index is 0.00000405. The first-order chi connectivity index (χ1) is 19.8. The molecule has 1 fully saturated rings. The predicted octanol–water partition coefficient (Wildman–Crippen LogP) is 4.23. The standard InChI is InChI=1S/C28H30FN5O5S2.ClH/c1-38-23-11-12-24-25(26(23)39-2)31-28(40-24)34-17-15-33(16-18-34)14-13-30-27(35)21-5-3-4-6-22(21)32-41(36,37)20-9-7-19(29)8-10-20;/h3-12,32H,13-18H2,1-2H3,(H,30,35);1H. The van der Waals surface area contributed by atoms with E-state index in [-0.39, 0.29) is 34.5 Å². The summed E-state index contributed by atoms with van der Waals surface area (Å²) >= 11 is 1.62. The minimum atomic E-state index is -4.00. The Morgan fingerprint density at radius 1 is 1.00 bits per heavy atom. The SMILES string of the molecule is COc1ccc2sc(N3CCN(CCNC(=O)c4ccccc4NS(=O)(=O)c4ccc(F)cc4)CC3)nc2c1OC.Cl. The van der Waals surface area contributed by atoms with E-state index in [1.54, 1.807) is 43.8 Å². The minimum Gasteiger partial charge on any atom is -0.493 e. The number of para-hydroxylation sites is 1. The molecule has 1 aliphatic rings. The number of ether oxygens (including phenoxy) is 2. The molecule has 42 heavy (non-hydrogen) atoms. The van der Waals surface area contributed by atoms with Gasteiger partial charge >= 0.3 is 0 Å². The first kappa shape index (κ1) is 31.3. The molecule has 1 saturated heterocycles. The molecular weight excluding hydrogens is 605 g/mol. The first-order valence-corrected chi connectivity index (χ1v) is 15.2. The number of carbonyl (C=O) groups excluding carboxylic acids is 1. The Labute approximate surface area is 253 Å². The molecule has 4 aromatic rings. The molecule has 0 saturated carbocycles. The van der Waals surface area contributed by atoms with Gasteiger partial charge in [0.05, 0.1) is 35.1 Å². The average molecular weight is 636 g/mol. The summed E-state index contributed by atoms with van der Waals surface area (Å²) in [5.74, 6) is 0.354. The van der Waals surface area contributed by atoms with E-state index in [1.807, 2.05) is 12.1 Å². The molecule has 2 N–H and O–H groups in total. The molecule has 224 valence electrons. The molecule has 14 heteroatoms. The van der Waals surface area contributed by atoms with Gasteiger partial charge in [0.25, 0.3) is 15.9 Å². The largest absolute Gasteiger partial charge is 0.493 e. The number of anilines is 2. The van der Waals surface area contributed by atoms with Crippen molar-refractivity contribution >= 4 is 60.7 Å². The van der Waals surface area contributed by atoms with Crippen LogP contribution in [0.4, 0.5) is 15.2 Å². The number of amides is 1. The highest BCUT2D eigenvalue weighted by molar-refractivity contribution is 7.92. The highest BCUT2D eigenvalue weighted by Crippen LogP contribution is 2.40. The van der Waals surface area contributed by atoms with Crippen LogP contribution in [0.1, 0.15) is 10.4 Å². The van der Waals surface area contributed by atoms with E-state index < -0.39 is 15.8 Å². The number of thiazole rings is 1. The molecule has 3 aromatic carbocycles. The number of hydrogen-bond donors (Lipinski definition) is 2. The molecule has 10 nitrogen and oxygen atoms in total. The Bertz CT molecular complexity index is 1640. The van der Waals surface area contributed by atoms with Crippen LogP contribution >= 0.6 is 23.7 Å². The summed E-state index contributed by atoms with van der Waals surface area (Å²) in [5, 5.41) is 3.82. The summed E-state index contributed by atoms with van der Waals surface area (Å²) in [6.07, 6.45) is 0. The van der Waals surface area contributed by atoms with E-state index >= 15 is 0 Å². The van der Waals surface area contributed by atoms with E-state index in [1.165, 1.54) is 18.2 Å². The number of halogens is 2. The van der Waals surface area contributed by atoms with E-state index in [0.29, 0.717) is 24.6 Å². The van der Waals surface area contributed by atoms with Crippen LogP contribution in [0.25, 0.3) is 10.2 Å². The molecule has 0 atom stereocenters. The van der Waals surface area contributed by atoms with Crippen LogP contribution in [0.5, 0.6) is 11.5 Å². The zero-order valence-electron chi connectivity index (χ0n) is 23.0. The quantitative estimate of drug-likeness (QED) is 0.266. The zero-order chi connectivity index (χ0) is 29.0. The lowest BCUT2D eigenvalue weighted by atomic mass is 10.1. The number of piperazine rings is 1. The van der Waals surface area contributed by atoms with Crippen molar-refractivity contribution in [1.29, 1.82) is 0 Å². The maximum absolute atomic E-state index is 13.2. The second-order valence-electron chi connectivity index (χ2n) is 9.33. The number of methoxy groups -OCH3 is 2. The van der Waals surface area contributed by atoms with Gasteiger partial charge in [-0.3, -0.25) is 14.4 Å². The van der Waals surface area contributed by atoms with E-state index in [0.717, 1.165) is 53.7 Å². The third-order valence-corrected chi connectivity index (χ3v) is 9.25. The molecule has 0 bridgehead atoms. The van der Waals surface area contributed by atoms with Crippen LogP contribution in [-0.4, -0.2) is 77.7 Å². The second kappa shape index (κ2) is 13.6. The van der Waals surface area contributed by atoms with Crippen LogP contribution < -0.4 is 24.4 Å². The normalized spacial score (nSPS) is 13.8. The lowest BCUT2D eigenvalue weighted by molar-refractivity contribution is 0.0948. The van der Waals surface area contributed by atoms with Crippen molar-refractivity contribution in [3.63, 3.8) is 0 Å². The predicted molar refractivity (Wildman–Crippen MR) is 165 cm³/mol. The molecule has 5 rings (SSSR count). The number of benzene rings is 3. The van der Waals surface area contributed by atoms with Crippen LogP contribution in [0.15, 0.2) is 65.6 Å². The lowest BCUT2D eigenvalue weighted by Gasteiger charge is -2.34. The van der Waals surface area contributed by atoms with Crippen LogP contribution in [0.2, 0.25) is 0 Å². The van der Waals surface area contributed by atoms with E-state index in [2.05, 4.69) is 19.8 Å². The Kier molecular flexibility index (Phi) is 10.1.